The van der Waals surface area contributed by atoms with Crippen molar-refractivity contribution in [2.24, 2.45) is 4.99 Å². The number of thiazole rings is 2. The highest BCUT2D eigenvalue weighted by Gasteiger charge is 2.10. The second-order valence-electron chi connectivity index (χ2n) is 5.45. The predicted octanol–water partition coefficient (Wildman–Crippen LogP) is 3.70. The second kappa shape index (κ2) is 6.87. The van der Waals surface area contributed by atoms with E-state index >= 15 is 0 Å². The van der Waals surface area contributed by atoms with Gasteiger partial charge in [-0.15, -0.1) is 11.3 Å². The molecule has 126 valence electrons. The van der Waals surface area contributed by atoms with Crippen molar-refractivity contribution in [3.8, 4) is 0 Å². The zero-order valence-corrected chi connectivity index (χ0v) is 15.1. The number of methoxy groups -OCH3 is 1. The summed E-state index contributed by atoms with van der Waals surface area (Å²) < 4.78 is 9.32. The molecule has 0 aliphatic rings. The van der Waals surface area contributed by atoms with Crippen LogP contribution in [0.3, 0.4) is 0 Å². The fraction of sp³-hybridized carbons (Fsp3) is 0.167. The van der Waals surface area contributed by atoms with Crippen molar-refractivity contribution in [1.82, 2.24) is 9.55 Å². The number of ether oxygens (including phenoxy) is 1. The van der Waals surface area contributed by atoms with Crippen molar-refractivity contribution in [3.05, 3.63) is 58.3 Å². The van der Waals surface area contributed by atoms with Gasteiger partial charge in [0.05, 0.1) is 32.6 Å². The third-order valence-corrected chi connectivity index (χ3v) is 5.73. The summed E-state index contributed by atoms with van der Waals surface area (Å²) in [5.41, 5.74) is 4.32. The van der Waals surface area contributed by atoms with Gasteiger partial charge >= 0.3 is 0 Å². The van der Waals surface area contributed by atoms with Crippen LogP contribution in [0.1, 0.15) is 10.4 Å². The van der Waals surface area contributed by atoms with Crippen LogP contribution in [0.25, 0.3) is 20.4 Å². The molecule has 0 saturated heterocycles. The third-order valence-electron chi connectivity index (χ3n) is 3.88. The predicted molar refractivity (Wildman–Crippen MR) is 101 cm³/mol. The molecule has 1 amide bonds. The Bertz CT molecular complexity index is 1120. The highest BCUT2D eigenvalue weighted by molar-refractivity contribution is 7.17. The van der Waals surface area contributed by atoms with Crippen LogP contribution >= 0.6 is 22.7 Å². The maximum Gasteiger partial charge on any atom is 0.279 e. The Morgan fingerprint density at radius 3 is 3.00 bits per heavy atom. The van der Waals surface area contributed by atoms with E-state index in [4.69, 9.17) is 4.74 Å². The zero-order chi connectivity index (χ0) is 17.2. The first-order valence-electron chi connectivity index (χ1n) is 7.76. The van der Waals surface area contributed by atoms with Crippen molar-refractivity contribution in [3.63, 3.8) is 0 Å². The smallest absolute Gasteiger partial charge is 0.279 e. The van der Waals surface area contributed by atoms with Crippen LogP contribution < -0.4 is 4.80 Å². The summed E-state index contributed by atoms with van der Waals surface area (Å²) in [7, 11) is 1.67. The van der Waals surface area contributed by atoms with E-state index in [-0.39, 0.29) is 5.91 Å². The van der Waals surface area contributed by atoms with Crippen LogP contribution in [0.15, 0.2) is 53.0 Å². The first-order chi connectivity index (χ1) is 12.3. The molecular formula is C18H15N3O2S2. The number of hydrogen-bond acceptors (Lipinski definition) is 5. The lowest BCUT2D eigenvalue weighted by molar-refractivity contribution is 0.0997. The van der Waals surface area contributed by atoms with Crippen LogP contribution in [0.5, 0.6) is 0 Å². The van der Waals surface area contributed by atoms with Gasteiger partial charge in [-0.1, -0.05) is 23.5 Å². The maximum atomic E-state index is 12.7. The summed E-state index contributed by atoms with van der Waals surface area (Å²) in [4.78, 5) is 22.0. The van der Waals surface area contributed by atoms with E-state index in [2.05, 4.69) is 9.98 Å². The van der Waals surface area contributed by atoms with Crippen LogP contribution in [-0.2, 0) is 11.3 Å². The molecule has 0 aliphatic heterocycles. The summed E-state index contributed by atoms with van der Waals surface area (Å²) in [6.07, 6.45) is 0. The molecule has 0 N–H and O–H groups in total. The molecular weight excluding hydrogens is 354 g/mol. The van der Waals surface area contributed by atoms with Crippen molar-refractivity contribution in [2.75, 3.05) is 13.7 Å². The van der Waals surface area contributed by atoms with Crippen molar-refractivity contribution < 1.29 is 9.53 Å². The number of fused-ring (bicyclic) bond motifs is 2. The minimum Gasteiger partial charge on any atom is -0.383 e. The van der Waals surface area contributed by atoms with Gasteiger partial charge in [-0.25, -0.2) is 4.98 Å². The van der Waals surface area contributed by atoms with Crippen LogP contribution in [-0.4, -0.2) is 29.2 Å². The Labute approximate surface area is 151 Å². The van der Waals surface area contributed by atoms with E-state index in [1.165, 1.54) is 22.7 Å². The van der Waals surface area contributed by atoms with Crippen molar-refractivity contribution in [1.29, 1.82) is 0 Å². The molecule has 0 spiro atoms. The number of amides is 1. The van der Waals surface area contributed by atoms with Crippen LogP contribution in [0.2, 0.25) is 0 Å². The molecule has 0 aliphatic carbocycles. The Hall–Kier alpha value is -2.35. The van der Waals surface area contributed by atoms with Gasteiger partial charge in [0.2, 0.25) is 0 Å². The number of para-hydroxylation sites is 1. The number of hydrogen-bond donors (Lipinski definition) is 0. The van der Waals surface area contributed by atoms with E-state index in [0.29, 0.717) is 23.5 Å². The minimum absolute atomic E-state index is 0.243. The van der Waals surface area contributed by atoms with Crippen LogP contribution in [0, 0.1) is 0 Å². The van der Waals surface area contributed by atoms with Gasteiger partial charge in [0, 0.05) is 19.2 Å². The van der Waals surface area contributed by atoms with Gasteiger partial charge in [0.15, 0.2) is 4.80 Å². The van der Waals surface area contributed by atoms with Gasteiger partial charge in [-0.3, -0.25) is 4.79 Å². The number of carbonyl (C=O) groups excluding carboxylic acids is 1. The molecule has 2 heterocycles. The lowest BCUT2D eigenvalue weighted by Crippen LogP contribution is -2.19. The number of aromatic nitrogens is 2. The van der Waals surface area contributed by atoms with Gasteiger partial charge in [-0.2, -0.15) is 4.99 Å². The number of carbonyl (C=O) groups is 1. The van der Waals surface area contributed by atoms with Crippen molar-refractivity contribution in [2.45, 2.75) is 6.54 Å². The fourth-order valence-electron chi connectivity index (χ4n) is 2.64. The first-order valence-corrected chi connectivity index (χ1v) is 9.45. The molecule has 0 unspecified atom stereocenters. The maximum absolute atomic E-state index is 12.7. The first kappa shape index (κ1) is 16.1. The van der Waals surface area contributed by atoms with E-state index in [9.17, 15) is 4.79 Å². The Morgan fingerprint density at radius 2 is 2.12 bits per heavy atom. The average Bonchev–Trinajstić information content (AvgIpc) is 3.23. The second-order valence-corrected chi connectivity index (χ2v) is 7.34. The number of benzene rings is 2. The molecule has 0 fully saturated rings. The highest BCUT2D eigenvalue weighted by Crippen LogP contribution is 2.20. The van der Waals surface area contributed by atoms with E-state index < -0.39 is 0 Å². The summed E-state index contributed by atoms with van der Waals surface area (Å²) >= 11 is 3.03. The molecule has 0 radical (unpaired) electrons. The third kappa shape index (κ3) is 3.13. The lowest BCUT2D eigenvalue weighted by Gasteiger charge is -2.03. The van der Waals surface area contributed by atoms with E-state index in [1.54, 1.807) is 18.7 Å². The largest absolute Gasteiger partial charge is 0.383 e. The molecule has 0 atom stereocenters. The normalized spacial score (nSPS) is 12.3. The highest BCUT2D eigenvalue weighted by atomic mass is 32.1. The standard InChI is InChI=1S/C18H15N3O2S2/c1-23-9-8-21-14-4-2-3-5-15(14)25-18(21)20-17(22)12-6-7-13-16(10-12)24-11-19-13/h2-7,10-11H,8-9H2,1H3. The molecule has 0 saturated carbocycles. The molecule has 7 heteroatoms. The Morgan fingerprint density at radius 1 is 1.24 bits per heavy atom. The van der Waals surface area contributed by atoms with Crippen LogP contribution in [0.4, 0.5) is 0 Å². The van der Waals surface area contributed by atoms with Gasteiger partial charge in [0.25, 0.3) is 5.91 Å². The molecule has 4 rings (SSSR count). The zero-order valence-electron chi connectivity index (χ0n) is 13.5. The average molecular weight is 369 g/mol. The molecule has 0 bridgehead atoms. The molecule has 4 aromatic rings. The summed E-state index contributed by atoms with van der Waals surface area (Å²) in [6, 6.07) is 13.5. The Kier molecular flexibility index (Phi) is 4.44. The molecule has 25 heavy (non-hydrogen) atoms. The van der Waals surface area contributed by atoms with Gasteiger partial charge < -0.3 is 9.30 Å². The van der Waals surface area contributed by atoms with E-state index in [1.807, 2.05) is 41.0 Å². The molecule has 2 aromatic heterocycles. The Balaban J connectivity index is 1.80. The van der Waals surface area contributed by atoms with Gasteiger partial charge in [-0.05, 0) is 30.3 Å². The monoisotopic (exact) mass is 369 g/mol. The summed E-state index contributed by atoms with van der Waals surface area (Å²) in [5, 5.41) is 0. The minimum atomic E-state index is -0.243. The summed E-state index contributed by atoms with van der Waals surface area (Å²) in [6.45, 7) is 1.22. The molecule has 5 nitrogen and oxygen atoms in total. The SMILES string of the molecule is COCCn1c(=NC(=O)c2ccc3ncsc3c2)sc2ccccc21. The topological polar surface area (TPSA) is 56.5 Å². The van der Waals surface area contributed by atoms with Gasteiger partial charge in [0.1, 0.15) is 0 Å². The summed E-state index contributed by atoms with van der Waals surface area (Å²) in [5.74, 6) is -0.243. The van der Waals surface area contributed by atoms with E-state index in [0.717, 1.165) is 20.4 Å². The fourth-order valence-corrected chi connectivity index (χ4v) is 4.42. The number of rotatable bonds is 4. The molecule has 2 aromatic carbocycles. The van der Waals surface area contributed by atoms with Crippen molar-refractivity contribution >= 4 is 49.0 Å². The number of nitrogens with zero attached hydrogens (tertiary/aromatic N) is 3. The lowest BCUT2D eigenvalue weighted by atomic mass is 10.2. The quantitative estimate of drug-likeness (QED) is 0.551.